The smallest absolute Gasteiger partial charge is 0.279 e. The number of rotatable bonds is 4. The van der Waals surface area contributed by atoms with Gasteiger partial charge in [-0.1, -0.05) is 19.1 Å². The summed E-state index contributed by atoms with van der Waals surface area (Å²) in [7, 11) is -3.30. The lowest BCUT2D eigenvalue weighted by Gasteiger charge is -2.31. The number of nitrogens with zero attached hydrogens (tertiary/aromatic N) is 1. The van der Waals surface area contributed by atoms with Gasteiger partial charge in [-0.2, -0.15) is 12.7 Å². The van der Waals surface area contributed by atoms with Gasteiger partial charge in [0.2, 0.25) is 0 Å². The van der Waals surface area contributed by atoms with Crippen LogP contribution in [0.25, 0.3) is 0 Å². The predicted octanol–water partition coefficient (Wildman–Crippen LogP) is 1.43. The van der Waals surface area contributed by atoms with E-state index in [0.29, 0.717) is 25.6 Å². The summed E-state index contributed by atoms with van der Waals surface area (Å²) >= 11 is 0. The summed E-state index contributed by atoms with van der Waals surface area (Å²) in [6, 6.07) is 7.18. The average Bonchev–Trinajstić information content (AvgIpc) is 2.40. The maximum atomic E-state index is 11.9. The first kappa shape index (κ1) is 14.3. The lowest BCUT2D eigenvalue weighted by molar-refractivity contribution is 0.316. The van der Waals surface area contributed by atoms with E-state index in [1.165, 1.54) is 9.87 Å². The van der Waals surface area contributed by atoms with Gasteiger partial charge in [-0.3, -0.25) is 0 Å². The van der Waals surface area contributed by atoms with Gasteiger partial charge in [0.1, 0.15) is 5.75 Å². The van der Waals surface area contributed by atoms with E-state index < -0.39 is 10.2 Å². The van der Waals surface area contributed by atoms with Gasteiger partial charge in [0.15, 0.2) is 0 Å². The number of phenolic OH excluding ortho intramolecular Hbond substituents is 1. The average molecular weight is 284 g/mol. The summed E-state index contributed by atoms with van der Waals surface area (Å²) in [6.07, 6.45) is 1.63. The zero-order chi connectivity index (χ0) is 13.9. The fraction of sp³-hybridized carbons (Fsp3) is 0.538. The molecule has 19 heavy (non-hydrogen) atoms. The molecule has 1 aliphatic heterocycles. The first-order valence-corrected chi connectivity index (χ1v) is 8.00. The Hall–Kier alpha value is -1.11. The van der Waals surface area contributed by atoms with Crippen molar-refractivity contribution < 1.29 is 13.5 Å². The minimum Gasteiger partial charge on any atom is -0.508 e. The van der Waals surface area contributed by atoms with Crippen molar-refractivity contribution in [2.75, 3.05) is 19.6 Å². The third-order valence-electron chi connectivity index (χ3n) is 3.49. The third-order valence-corrected chi connectivity index (χ3v) is 5.18. The zero-order valence-electron chi connectivity index (χ0n) is 11.0. The summed E-state index contributed by atoms with van der Waals surface area (Å²) in [5.74, 6) is 0.629. The van der Waals surface area contributed by atoms with Crippen LogP contribution in [0, 0.1) is 0 Å². The number of nitrogens with one attached hydrogen (secondary N) is 1. The molecule has 0 saturated carbocycles. The van der Waals surface area contributed by atoms with Gasteiger partial charge in [-0.15, -0.1) is 0 Å². The molecule has 1 fully saturated rings. The first-order chi connectivity index (χ1) is 9.03. The van der Waals surface area contributed by atoms with Crippen LogP contribution < -0.4 is 4.72 Å². The summed E-state index contributed by atoms with van der Waals surface area (Å²) in [6.45, 7) is 3.28. The molecule has 1 aromatic carbocycles. The number of aromatic hydroxyl groups is 1. The van der Waals surface area contributed by atoms with Crippen LogP contribution in [0.1, 0.15) is 31.2 Å². The second-order valence-corrected chi connectivity index (χ2v) is 6.52. The van der Waals surface area contributed by atoms with E-state index in [9.17, 15) is 13.5 Å². The maximum Gasteiger partial charge on any atom is 0.279 e. The van der Waals surface area contributed by atoms with E-state index in [0.717, 1.165) is 12.8 Å². The SMILES string of the molecule is CCNS(=O)(=O)N1CCC(c2ccc(O)cc2)CC1. The standard InChI is InChI=1S/C13H20N2O3S/c1-2-14-19(17,18)15-9-7-12(8-10-15)11-3-5-13(16)6-4-11/h3-6,12,14,16H,2,7-10H2,1H3. The summed E-state index contributed by atoms with van der Waals surface area (Å²) in [5.41, 5.74) is 1.17. The Morgan fingerprint density at radius 2 is 1.84 bits per heavy atom. The molecule has 0 aliphatic carbocycles. The number of phenols is 1. The van der Waals surface area contributed by atoms with Gasteiger partial charge >= 0.3 is 0 Å². The largest absolute Gasteiger partial charge is 0.508 e. The highest BCUT2D eigenvalue weighted by atomic mass is 32.2. The van der Waals surface area contributed by atoms with E-state index in [1.54, 1.807) is 19.1 Å². The van der Waals surface area contributed by atoms with Crippen LogP contribution in [-0.4, -0.2) is 37.5 Å². The minimum atomic E-state index is -3.30. The highest BCUT2D eigenvalue weighted by Crippen LogP contribution is 2.29. The Bertz CT molecular complexity index is 505. The third kappa shape index (κ3) is 3.46. The van der Waals surface area contributed by atoms with Gasteiger partial charge in [-0.05, 0) is 36.5 Å². The highest BCUT2D eigenvalue weighted by Gasteiger charge is 2.27. The van der Waals surface area contributed by atoms with E-state index in [4.69, 9.17) is 0 Å². The molecule has 1 aliphatic rings. The molecule has 1 heterocycles. The molecule has 1 saturated heterocycles. The summed E-state index contributed by atoms with van der Waals surface area (Å²) in [5, 5.41) is 9.27. The normalized spacial score (nSPS) is 18.6. The van der Waals surface area contributed by atoms with Crippen molar-refractivity contribution in [2.45, 2.75) is 25.7 Å². The maximum absolute atomic E-state index is 11.9. The molecular formula is C13H20N2O3S. The quantitative estimate of drug-likeness (QED) is 0.878. The van der Waals surface area contributed by atoms with Gasteiger partial charge in [0, 0.05) is 19.6 Å². The molecule has 1 aromatic rings. The number of piperidine rings is 1. The van der Waals surface area contributed by atoms with E-state index in [-0.39, 0.29) is 5.75 Å². The van der Waals surface area contributed by atoms with Crippen LogP contribution in [0.5, 0.6) is 5.75 Å². The highest BCUT2D eigenvalue weighted by molar-refractivity contribution is 7.87. The Morgan fingerprint density at radius 3 is 2.37 bits per heavy atom. The van der Waals surface area contributed by atoms with Crippen molar-refractivity contribution in [3.63, 3.8) is 0 Å². The first-order valence-electron chi connectivity index (χ1n) is 6.56. The number of hydrogen-bond donors (Lipinski definition) is 2. The van der Waals surface area contributed by atoms with Crippen LogP contribution in [0.2, 0.25) is 0 Å². The van der Waals surface area contributed by atoms with E-state index in [2.05, 4.69) is 4.72 Å². The zero-order valence-corrected chi connectivity index (χ0v) is 11.9. The summed E-state index contributed by atoms with van der Waals surface area (Å²) < 4.78 is 27.7. The fourth-order valence-corrected chi connectivity index (χ4v) is 3.69. The molecule has 0 unspecified atom stereocenters. The van der Waals surface area contributed by atoms with Crippen molar-refractivity contribution in [1.82, 2.24) is 9.03 Å². The Balaban J connectivity index is 1.98. The molecule has 106 valence electrons. The van der Waals surface area contributed by atoms with Crippen molar-refractivity contribution in [3.8, 4) is 5.75 Å². The molecule has 0 bridgehead atoms. The number of benzene rings is 1. The molecule has 0 atom stereocenters. The Morgan fingerprint density at radius 1 is 1.26 bits per heavy atom. The van der Waals surface area contributed by atoms with Gasteiger partial charge in [0.25, 0.3) is 10.2 Å². The van der Waals surface area contributed by atoms with E-state index >= 15 is 0 Å². The minimum absolute atomic E-state index is 0.260. The van der Waals surface area contributed by atoms with Crippen LogP contribution in [0.4, 0.5) is 0 Å². The molecule has 0 amide bonds. The molecule has 2 rings (SSSR count). The van der Waals surface area contributed by atoms with Crippen molar-refractivity contribution >= 4 is 10.2 Å². The molecule has 2 N–H and O–H groups in total. The molecule has 6 heteroatoms. The lowest BCUT2D eigenvalue weighted by Crippen LogP contribution is -2.44. The number of hydrogen-bond acceptors (Lipinski definition) is 3. The van der Waals surface area contributed by atoms with Crippen LogP contribution in [-0.2, 0) is 10.2 Å². The molecular weight excluding hydrogens is 264 g/mol. The monoisotopic (exact) mass is 284 g/mol. The molecule has 0 radical (unpaired) electrons. The van der Waals surface area contributed by atoms with Crippen LogP contribution in [0.15, 0.2) is 24.3 Å². The van der Waals surface area contributed by atoms with Gasteiger partial charge in [0.05, 0.1) is 0 Å². The van der Waals surface area contributed by atoms with Gasteiger partial charge in [-0.25, -0.2) is 4.72 Å². The Labute approximate surface area is 114 Å². The van der Waals surface area contributed by atoms with Crippen molar-refractivity contribution in [1.29, 1.82) is 0 Å². The van der Waals surface area contributed by atoms with Crippen molar-refractivity contribution in [2.24, 2.45) is 0 Å². The molecule has 0 spiro atoms. The van der Waals surface area contributed by atoms with Crippen LogP contribution >= 0.6 is 0 Å². The predicted molar refractivity (Wildman–Crippen MR) is 74.3 cm³/mol. The molecule has 0 aromatic heterocycles. The topological polar surface area (TPSA) is 69.6 Å². The fourth-order valence-electron chi connectivity index (χ4n) is 2.45. The van der Waals surface area contributed by atoms with Gasteiger partial charge < -0.3 is 5.11 Å². The van der Waals surface area contributed by atoms with Crippen molar-refractivity contribution in [3.05, 3.63) is 29.8 Å². The van der Waals surface area contributed by atoms with E-state index in [1.807, 2.05) is 12.1 Å². The summed E-state index contributed by atoms with van der Waals surface area (Å²) in [4.78, 5) is 0. The van der Waals surface area contributed by atoms with Crippen LogP contribution in [0.3, 0.4) is 0 Å². The second kappa shape index (κ2) is 5.90. The lowest BCUT2D eigenvalue weighted by atomic mass is 9.90. The second-order valence-electron chi connectivity index (χ2n) is 4.77. The molecule has 5 nitrogen and oxygen atoms in total. The Kier molecular flexibility index (Phi) is 4.44.